The third kappa shape index (κ3) is 3.00. The molecule has 0 aromatic rings. The van der Waals surface area contributed by atoms with Gasteiger partial charge in [-0.1, -0.05) is 19.9 Å². The number of aliphatic hydroxyl groups is 4. The minimum Gasteiger partial charge on any atom is -0.390 e. The van der Waals surface area contributed by atoms with Crippen LogP contribution in [-0.2, 0) is 4.74 Å². The Hall–Kier alpha value is -0.460. The number of hydrogen-bond acceptors (Lipinski definition) is 5. The third-order valence-corrected chi connectivity index (χ3v) is 11.1. The van der Waals surface area contributed by atoms with Crippen molar-refractivity contribution in [1.82, 2.24) is 0 Å². The van der Waals surface area contributed by atoms with Crippen LogP contribution in [0.3, 0.4) is 0 Å². The number of fused-ring (bicyclic) bond motifs is 5. The van der Waals surface area contributed by atoms with Crippen LogP contribution in [0.4, 0.5) is 0 Å². The average molecular weight is 449 g/mol. The van der Waals surface area contributed by atoms with Crippen molar-refractivity contribution < 1.29 is 25.2 Å². The molecule has 4 fully saturated rings. The Morgan fingerprint density at radius 3 is 2.38 bits per heavy atom. The lowest BCUT2D eigenvalue weighted by atomic mass is 9.46. The predicted octanol–water partition coefficient (Wildman–Crippen LogP) is 3.72. The molecule has 0 bridgehead atoms. The van der Waals surface area contributed by atoms with Crippen molar-refractivity contribution in [3.8, 4) is 0 Å². The summed E-state index contributed by atoms with van der Waals surface area (Å²) in [6.45, 7) is 10.6. The Morgan fingerprint density at radius 1 is 1.00 bits per heavy atom. The van der Waals surface area contributed by atoms with E-state index in [-0.39, 0.29) is 29.0 Å². The molecule has 10 atom stereocenters. The number of rotatable bonds is 2. The first-order chi connectivity index (χ1) is 14.7. The highest BCUT2D eigenvalue weighted by Gasteiger charge is 2.68. The maximum atomic E-state index is 12.3. The molecule has 1 saturated heterocycles. The van der Waals surface area contributed by atoms with Gasteiger partial charge in [-0.05, 0) is 107 Å². The molecule has 0 spiro atoms. The maximum Gasteiger partial charge on any atom is 0.0916 e. The van der Waals surface area contributed by atoms with E-state index in [1.165, 1.54) is 0 Å². The lowest BCUT2D eigenvalue weighted by Gasteiger charge is -2.61. The molecule has 3 saturated carbocycles. The van der Waals surface area contributed by atoms with Crippen molar-refractivity contribution in [3.63, 3.8) is 0 Å². The van der Waals surface area contributed by atoms with Crippen molar-refractivity contribution in [3.05, 3.63) is 11.6 Å². The third-order valence-electron chi connectivity index (χ3n) is 11.1. The summed E-state index contributed by atoms with van der Waals surface area (Å²) in [7, 11) is 0. The molecule has 5 nitrogen and oxygen atoms in total. The minimum absolute atomic E-state index is 0.0231. The van der Waals surface area contributed by atoms with Crippen LogP contribution >= 0.6 is 0 Å². The van der Waals surface area contributed by atoms with E-state index < -0.39 is 28.8 Å². The summed E-state index contributed by atoms with van der Waals surface area (Å²) in [5, 5.41) is 45.0. The largest absolute Gasteiger partial charge is 0.390 e. The Bertz CT molecular complexity index is 804. The molecule has 0 aromatic heterocycles. The Kier molecular flexibility index (Phi) is 5.12. The van der Waals surface area contributed by atoms with Gasteiger partial charge in [0.15, 0.2) is 0 Å². The van der Waals surface area contributed by atoms with E-state index in [9.17, 15) is 20.4 Å². The quantitative estimate of drug-likeness (QED) is 0.484. The number of ether oxygens (including phenoxy) is 1. The summed E-state index contributed by atoms with van der Waals surface area (Å²) >= 11 is 0. The average Bonchev–Trinajstić information content (AvgIpc) is 3.20. The highest BCUT2D eigenvalue weighted by Crippen LogP contribution is 2.69. The normalized spacial score (nSPS) is 54.2. The lowest BCUT2D eigenvalue weighted by molar-refractivity contribution is -0.187. The van der Waals surface area contributed by atoms with Gasteiger partial charge in [0.25, 0.3) is 0 Å². The number of hydrogen-bond donors (Lipinski definition) is 4. The van der Waals surface area contributed by atoms with E-state index in [1.807, 2.05) is 6.92 Å². The molecule has 4 N–H and O–H groups in total. The summed E-state index contributed by atoms with van der Waals surface area (Å²) in [6.07, 6.45) is 7.94. The fourth-order valence-corrected chi connectivity index (χ4v) is 9.07. The van der Waals surface area contributed by atoms with Gasteiger partial charge in [-0.2, -0.15) is 0 Å². The standard InChI is InChI=1S/C27H44O5/c1-23(2)11-10-22(32-23)26(5,30)21-9-13-27(31)18-7-6-16-14-19(28)20(29)15-24(16,3)17(18)8-12-25(21,27)4/h7,16-17,19-22,28-31H,6,8-15H2,1-5H3/t16-,17+,19-,20+,21+,22-,24+,25-,26-,27-/m1/s1. The van der Waals surface area contributed by atoms with E-state index in [1.54, 1.807) is 0 Å². The molecule has 1 heterocycles. The van der Waals surface area contributed by atoms with E-state index in [2.05, 4.69) is 33.8 Å². The van der Waals surface area contributed by atoms with Crippen molar-refractivity contribution in [2.75, 3.05) is 0 Å². The molecule has 0 unspecified atom stereocenters. The van der Waals surface area contributed by atoms with Crippen molar-refractivity contribution in [1.29, 1.82) is 0 Å². The van der Waals surface area contributed by atoms with E-state index in [0.717, 1.165) is 44.1 Å². The summed E-state index contributed by atoms with van der Waals surface area (Å²) in [6, 6.07) is 0. The van der Waals surface area contributed by atoms with Crippen LogP contribution in [-0.4, -0.2) is 55.5 Å². The molecule has 1 aliphatic heterocycles. The van der Waals surface area contributed by atoms with Crippen molar-refractivity contribution in [2.45, 2.75) is 128 Å². The summed E-state index contributed by atoms with van der Waals surface area (Å²) in [5.41, 5.74) is -1.45. The van der Waals surface area contributed by atoms with Gasteiger partial charge in [-0.25, -0.2) is 0 Å². The minimum atomic E-state index is -0.980. The van der Waals surface area contributed by atoms with Gasteiger partial charge < -0.3 is 25.2 Å². The number of allylic oxidation sites excluding steroid dienone is 1. The first kappa shape index (κ1) is 23.3. The van der Waals surface area contributed by atoms with Crippen molar-refractivity contribution >= 4 is 0 Å². The lowest BCUT2D eigenvalue weighted by Crippen LogP contribution is -2.61. The van der Waals surface area contributed by atoms with E-state index >= 15 is 0 Å². The highest BCUT2D eigenvalue weighted by atomic mass is 16.5. The monoisotopic (exact) mass is 448 g/mol. The van der Waals surface area contributed by atoms with Gasteiger partial charge in [-0.15, -0.1) is 0 Å². The summed E-state index contributed by atoms with van der Waals surface area (Å²) in [5.74, 6) is 0.550. The molecule has 0 radical (unpaired) electrons. The van der Waals surface area contributed by atoms with Crippen LogP contribution in [0, 0.1) is 28.6 Å². The summed E-state index contributed by atoms with van der Waals surface area (Å²) in [4.78, 5) is 0. The van der Waals surface area contributed by atoms with Crippen LogP contribution in [0.1, 0.15) is 92.4 Å². The van der Waals surface area contributed by atoms with Gasteiger partial charge in [-0.3, -0.25) is 0 Å². The van der Waals surface area contributed by atoms with Gasteiger partial charge in [0.2, 0.25) is 0 Å². The fourth-order valence-electron chi connectivity index (χ4n) is 9.07. The van der Waals surface area contributed by atoms with Crippen LogP contribution in [0.15, 0.2) is 11.6 Å². The van der Waals surface area contributed by atoms with E-state index in [0.29, 0.717) is 25.2 Å². The van der Waals surface area contributed by atoms with Gasteiger partial charge in [0.05, 0.1) is 35.1 Å². The van der Waals surface area contributed by atoms with Gasteiger partial charge in [0, 0.05) is 5.41 Å². The Balaban J connectivity index is 1.47. The van der Waals surface area contributed by atoms with Gasteiger partial charge >= 0.3 is 0 Å². The molecule has 0 amide bonds. The zero-order valence-electron chi connectivity index (χ0n) is 20.6. The highest BCUT2D eigenvalue weighted by molar-refractivity contribution is 5.36. The maximum absolute atomic E-state index is 12.3. The molecular formula is C27H44O5. The molecule has 4 aliphatic carbocycles. The molecule has 32 heavy (non-hydrogen) atoms. The van der Waals surface area contributed by atoms with Crippen LogP contribution in [0.2, 0.25) is 0 Å². The first-order valence-corrected chi connectivity index (χ1v) is 12.9. The fraction of sp³-hybridized carbons (Fsp3) is 0.926. The molecular weight excluding hydrogens is 404 g/mol. The second-order valence-corrected chi connectivity index (χ2v) is 13.3. The topological polar surface area (TPSA) is 90.2 Å². The van der Waals surface area contributed by atoms with Crippen LogP contribution < -0.4 is 0 Å². The molecule has 0 aromatic carbocycles. The number of aliphatic hydroxyl groups excluding tert-OH is 2. The Morgan fingerprint density at radius 2 is 1.72 bits per heavy atom. The second kappa shape index (κ2) is 7.04. The molecule has 5 rings (SSSR count). The SMILES string of the molecule is CC1(C)CC[C@H]([C@](C)(O)[C@H]2CC[C@@]3(O)C4=CC[C@@H]5C[C@@H](O)[C@@H](O)C[C@]5(C)[C@H]4CC[C@]23C)O1. The molecule has 5 heteroatoms. The molecule has 5 aliphatic rings. The first-order valence-electron chi connectivity index (χ1n) is 12.9. The smallest absolute Gasteiger partial charge is 0.0916 e. The predicted molar refractivity (Wildman–Crippen MR) is 123 cm³/mol. The van der Waals surface area contributed by atoms with Crippen LogP contribution in [0.5, 0.6) is 0 Å². The zero-order chi connectivity index (χ0) is 23.3. The molecule has 182 valence electrons. The second-order valence-electron chi connectivity index (χ2n) is 13.3. The van der Waals surface area contributed by atoms with Gasteiger partial charge in [0.1, 0.15) is 0 Å². The van der Waals surface area contributed by atoms with E-state index in [4.69, 9.17) is 4.74 Å². The van der Waals surface area contributed by atoms with Crippen molar-refractivity contribution in [2.24, 2.45) is 28.6 Å². The zero-order valence-corrected chi connectivity index (χ0v) is 20.6. The summed E-state index contributed by atoms with van der Waals surface area (Å²) < 4.78 is 6.30. The Labute approximate surface area is 193 Å². The van der Waals surface area contributed by atoms with Crippen LogP contribution in [0.25, 0.3) is 0 Å².